The standard InChI is InChI=1S/C16H22BrFN2/c1-11(2)16-10-19-7-3-4-13(19)9-20(16)12-5-6-14(17)15(18)8-12/h5-6,8,11,13,16H,3-4,7,9-10H2,1-2H3. The molecule has 1 aromatic rings. The van der Waals surface area contributed by atoms with E-state index in [-0.39, 0.29) is 5.82 Å². The molecule has 2 nitrogen and oxygen atoms in total. The SMILES string of the molecule is CC(C)C1CN2CCCC2CN1c1ccc(Br)c(F)c1. The van der Waals surface area contributed by atoms with Crippen LogP contribution >= 0.6 is 15.9 Å². The van der Waals surface area contributed by atoms with Crippen molar-refractivity contribution in [3.05, 3.63) is 28.5 Å². The largest absolute Gasteiger partial charge is 0.365 e. The van der Waals surface area contributed by atoms with Gasteiger partial charge in [0.1, 0.15) is 5.82 Å². The molecule has 0 aromatic heterocycles. The minimum Gasteiger partial charge on any atom is -0.365 e. The highest BCUT2D eigenvalue weighted by Crippen LogP contribution is 2.32. The predicted molar refractivity (Wildman–Crippen MR) is 84.7 cm³/mol. The maximum Gasteiger partial charge on any atom is 0.139 e. The fraction of sp³-hybridized carbons (Fsp3) is 0.625. The summed E-state index contributed by atoms with van der Waals surface area (Å²) in [7, 11) is 0. The Labute approximate surface area is 129 Å². The van der Waals surface area contributed by atoms with Gasteiger partial charge in [-0.25, -0.2) is 4.39 Å². The Bertz CT molecular complexity index is 491. The number of rotatable bonds is 2. The Kier molecular flexibility index (Phi) is 4.04. The van der Waals surface area contributed by atoms with Crippen molar-refractivity contribution in [3.63, 3.8) is 0 Å². The maximum atomic E-state index is 13.8. The normalized spacial score (nSPS) is 27.1. The van der Waals surface area contributed by atoms with Gasteiger partial charge in [0, 0.05) is 30.9 Å². The molecule has 0 amide bonds. The average Bonchev–Trinajstić information content (AvgIpc) is 2.87. The predicted octanol–water partition coefficient (Wildman–Crippen LogP) is 3.90. The third-order valence-electron chi connectivity index (χ3n) is 4.73. The van der Waals surface area contributed by atoms with Crippen LogP contribution in [-0.2, 0) is 0 Å². The lowest BCUT2D eigenvalue weighted by Crippen LogP contribution is -2.58. The van der Waals surface area contributed by atoms with E-state index < -0.39 is 0 Å². The van der Waals surface area contributed by atoms with Crippen molar-refractivity contribution < 1.29 is 4.39 Å². The highest BCUT2D eigenvalue weighted by molar-refractivity contribution is 9.10. The van der Waals surface area contributed by atoms with Crippen LogP contribution in [0.3, 0.4) is 0 Å². The molecule has 2 saturated heterocycles. The van der Waals surface area contributed by atoms with E-state index in [0.29, 0.717) is 22.5 Å². The van der Waals surface area contributed by atoms with Gasteiger partial charge in [0.05, 0.1) is 4.47 Å². The summed E-state index contributed by atoms with van der Waals surface area (Å²) in [6.45, 7) is 7.91. The van der Waals surface area contributed by atoms with Crippen LogP contribution < -0.4 is 4.90 Å². The van der Waals surface area contributed by atoms with Gasteiger partial charge in [-0.2, -0.15) is 0 Å². The molecule has 0 radical (unpaired) electrons. The zero-order valence-electron chi connectivity index (χ0n) is 12.1. The molecule has 2 aliphatic rings. The van der Waals surface area contributed by atoms with Crippen molar-refractivity contribution in [2.45, 2.75) is 38.8 Å². The molecule has 0 aliphatic carbocycles. The van der Waals surface area contributed by atoms with Crippen molar-refractivity contribution >= 4 is 21.6 Å². The van der Waals surface area contributed by atoms with Crippen molar-refractivity contribution in [3.8, 4) is 0 Å². The number of hydrogen-bond acceptors (Lipinski definition) is 2. The van der Waals surface area contributed by atoms with Crippen LogP contribution in [0.25, 0.3) is 0 Å². The van der Waals surface area contributed by atoms with Gasteiger partial charge in [0.15, 0.2) is 0 Å². The fourth-order valence-electron chi connectivity index (χ4n) is 3.57. The molecule has 0 bridgehead atoms. The number of anilines is 1. The summed E-state index contributed by atoms with van der Waals surface area (Å²) < 4.78 is 14.4. The Morgan fingerprint density at radius 2 is 2.10 bits per heavy atom. The van der Waals surface area contributed by atoms with Crippen molar-refractivity contribution in [2.24, 2.45) is 5.92 Å². The number of nitrogens with zero attached hydrogens (tertiary/aromatic N) is 2. The molecule has 20 heavy (non-hydrogen) atoms. The summed E-state index contributed by atoms with van der Waals surface area (Å²) in [5.74, 6) is 0.405. The van der Waals surface area contributed by atoms with Crippen LogP contribution in [0.1, 0.15) is 26.7 Å². The second-order valence-electron chi connectivity index (χ2n) is 6.35. The van der Waals surface area contributed by atoms with Gasteiger partial charge in [-0.3, -0.25) is 4.90 Å². The molecule has 1 aromatic carbocycles. The van der Waals surface area contributed by atoms with E-state index in [0.717, 1.165) is 18.8 Å². The Morgan fingerprint density at radius 3 is 2.80 bits per heavy atom. The van der Waals surface area contributed by atoms with E-state index in [4.69, 9.17) is 0 Å². The first-order valence-electron chi connectivity index (χ1n) is 7.52. The lowest BCUT2D eigenvalue weighted by molar-refractivity contribution is 0.176. The first kappa shape index (κ1) is 14.3. The molecule has 110 valence electrons. The van der Waals surface area contributed by atoms with Gasteiger partial charge in [0.2, 0.25) is 0 Å². The van der Waals surface area contributed by atoms with Gasteiger partial charge in [-0.1, -0.05) is 13.8 Å². The first-order valence-corrected chi connectivity index (χ1v) is 8.31. The number of fused-ring (bicyclic) bond motifs is 1. The van der Waals surface area contributed by atoms with E-state index >= 15 is 0 Å². The number of benzene rings is 1. The summed E-state index contributed by atoms with van der Waals surface area (Å²) in [4.78, 5) is 5.04. The van der Waals surface area contributed by atoms with Gasteiger partial charge < -0.3 is 4.90 Å². The van der Waals surface area contributed by atoms with E-state index in [1.165, 1.54) is 19.4 Å². The maximum absolute atomic E-state index is 13.8. The zero-order valence-corrected chi connectivity index (χ0v) is 13.7. The van der Waals surface area contributed by atoms with Crippen molar-refractivity contribution in [1.29, 1.82) is 0 Å². The second kappa shape index (κ2) is 5.64. The van der Waals surface area contributed by atoms with Gasteiger partial charge in [0.25, 0.3) is 0 Å². The molecule has 0 saturated carbocycles. The van der Waals surface area contributed by atoms with E-state index in [2.05, 4.69) is 39.6 Å². The molecule has 2 unspecified atom stereocenters. The Morgan fingerprint density at radius 1 is 1.30 bits per heavy atom. The molecule has 2 heterocycles. The monoisotopic (exact) mass is 340 g/mol. The van der Waals surface area contributed by atoms with Crippen LogP contribution in [0.15, 0.2) is 22.7 Å². The fourth-order valence-corrected chi connectivity index (χ4v) is 3.82. The van der Waals surface area contributed by atoms with Crippen LogP contribution in [0.2, 0.25) is 0 Å². The summed E-state index contributed by atoms with van der Waals surface area (Å²) >= 11 is 3.24. The van der Waals surface area contributed by atoms with E-state index in [1.54, 1.807) is 6.07 Å². The smallest absolute Gasteiger partial charge is 0.139 e. The molecular weight excluding hydrogens is 319 g/mol. The van der Waals surface area contributed by atoms with Crippen molar-refractivity contribution in [1.82, 2.24) is 4.90 Å². The summed E-state index contributed by atoms with van der Waals surface area (Å²) in [6.07, 6.45) is 2.58. The molecule has 2 aliphatic heterocycles. The van der Waals surface area contributed by atoms with Crippen LogP contribution in [0, 0.1) is 11.7 Å². The molecule has 0 N–H and O–H groups in total. The number of piperazine rings is 1. The molecule has 2 fully saturated rings. The van der Waals surface area contributed by atoms with E-state index in [9.17, 15) is 4.39 Å². The molecule has 0 spiro atoms. The lowest BCUT2D eigenvalue weighted by Gasteiger charge is -2.46. The van der Waals surface area contributed by atoms with Crippen LogP contribution in [0.5, 0.6) is 0 Å². The first-order chi connectivity index (χ1) is 9.56. The van der Waals surface area contributed by atoms with Gasteiger partial charge >= 0.3 is 0 Å². The average molecular weight is 341 g/mol. The van der Waals surface area contributed by atoms with Gasteiger partial charge in [-0.05, 0) is 59.4 Å². The minimum atomic E-state index is -0.168. The Balaban J connectivity index is 1.89. The molecule has 3 rings (SSSR count). The third-order valence-corrected chi connectivity index (χ3v) is 5.38. The Hall–Kier alpha value is -0.610. The third kappa shape index (κ3) is 2.60. The summed E-state index contributed by atoms with van der Waals surface area (Å²) in [5.41, 5.74) is 1.02. The zero-order chi connectivity index (χ0) is 14.3. The van der Waals surface area contributed by atoms with E-state index in [1.807, 2.05) is 12.1 Å². The quantitative estimate of drug-likeness (QED) is 0.805. The van der Waals surface area contributed by atoms with Crippen LogP contribution in [0.4, 0.5) is 10.1 Å². The highest BCUT2D eigenvalue weighted by atomic mass is 79.9. The molecule has 4 heteroatoms. The topological polar surface area (TPSA) is 6.48 Å². The number of halogens is 2. The van der Waals surface area contributed by atoms with Gasteiger partial charge in [-0.15, -0.1) is 0 Å². The van der Waals surface area contributed by atoms with Crippen molar-refractivity contribution in [2.75, 3.05) is 24.5 Å². The molecule has 2 atom stereocenters. The van der Waals surface area contributed by atoms with Crippen LogP contribution in [-0.4, -0.2) is 36.6 Å². The summed E-state index contributed by atoms with van der Waals surface area (Å²) in [6, 6.07) is 6.65. The number of hydrogen-bond donors (Lipinski definition) is 0. The highest BCUT2D eigenvalue weighted by Gasteiger charge is 2.37. The molecular formula is C16H22BrFN2. The lowest BCUT2D eigenvalue weighted by atomic mass is 9.96. The minimum absolute atomic E-state index is 0.168. The summed E-state index contributed by atoms with van der Waals surface area (Å²) in [5, 5.41) is 0. The second-order valence-corrected chi connectivity index (χ2v) is 7.21.